The summed E-state index contributed by atoms with van der Waals surface area (Å²) in [6.07, 6.45) is 1.57. The van der Waals surface area contributed by atoms with E-state index in [1.54, 1.807) is 6.08 Å². The van der Waals surface area contributed by atoms with Gasteiger partial charge in [-0.05, 0) is 66.9 Å². The zero-order valence-corrected chi connectivity index (χ0v) is 18.4. The number of nitrogens with zero attached hydrogens (tertiary/aromatic N) is 1. The average molecular weight is 461 g/mol. The molecule has 0 spiro atoms. The molecule has 0 aliphatic carbocycles. The lowest BCUT2D eigenvalue weighted by atomic mass is 10.1. The molecule has 0 bridgehead atoms. The highest BCUT2D eigenvalue weighted by Crippen LogP contribution is 2.19. The molecule has 0 unspecified atom stereocenters. The first-order chi connectivity index (χ1) is 14.4. The largest absolute Gasteiger partial charge is 0.489 e. The third-order valence-electron chi connectivity index (χ3n) is 4.51. The lowest BCUT2D eigenvalue weighted by Gasteiger charge is -2.09. The number of hydrogen-bond acceptors (Lipinski definition) is 3. The van der Waals surface area contributed by atoms with Crippen molar-refractivity contribution < 1.29 is 9.53 Å². The summed E-state index contributed by atoms with van der Waals surface area (Å²) in [7, 11) is 0. The predicted octanol–water partition coefficient (Wildman–Crippen LogP) is 6.19. The van der Waals surface area contributed by atoms with Crippen molar-refractivity contribution in [2.75, 3.05) is 5.32 Å². The molecule has 150 valence electrons. The number of amides is 1. The van der Waals surface area contributed by atoms with Crippen molar-refractivity contribution >= 4 is 33.6 Å². The van der Waals surface area contributed by atoms with E-state index < -0.39 is 5.91 Å². The summed E-state index contributed by atoms with van der Waals surface area (Å²) in [6, 6.07) is 22.9. The summed E-state index contributed by atoms with van der Waals surface area (Å²) in [4.78, 5) is 12.5. The van der Waals surface area contributed by atoms with Gasteiger partial charge in [0.25, 0.3) is 5.91 Å². The maximum atomic E-state index is 12.5. The van der Waals surface area contributed by atoms with E-state index in [9.17, 15) is 10.1 Å². The lowest BCUT2D eigenvalue weighted by Crippen LogP contribution is -2.14. The summed E-state index contributed by atoms with van der Waals surface area (Å²) < 4.78 is 6.81. The van der Waals surface area contributed by atoms with E-state index in [4.69, 9.17) is 4.74 Å². The lowest BCUT2D eigenvalue weighted by molar-refractivity contribution is -0.112. The number of ether oxygens (including phenoxy) is 1. The number of halogens is 1. The van der Waals surface area contributed by atoms with Crippen LogP contribution in [0.4, 0.5) is 5.69 Å². The van der Waals surface area contributed by atoms with Crippen molar-refractivity contribution in [3.63, 3.8) is 0 Å². The van der Waals surface area contributed by atoms with E-state index in [-0.39, 0.29) is 5.57 Å². The zero-order valence-electron chi connectivity index (χ0n) is 16.8. The van der Waals surface area contributed by atoms with Gasteiger partial charge in [-0.25, -0.2) is 0 Å². The summed E-state index contributed by atoms with van der Waals surface area (Å²) in [6.45, 7) is 4.38. The molecule has 3 aromatic carbocycles. The topological polar surface area (TPSA) is 62.1 Å². The first-order valence-electron chi connectivity index (χ1n) is 9.42. The Balaban J connectivity index is 1.65. The molecule has 30 heavy (non-hydrogen) atoms. The van der Waals surface area contributed by atoms with Crippen LogP contribution in [0.1, 0.15) is 22.3 Å². The first kappa shape index (κ1) is 21.4. The van der Waals surface area contributed by atoms with Crippen LogP contribution < -0.4 is 10.1 Å². The van der Waals surface area contributed by atoms with Crippen LogP contribution >= 0.6 is 15.9 Å². The Kier molecular flexibility index (Phi) is 7.05. The maximum absolute atomic E-state index is 12.5. The molecule has 1 N–H and O–H groups in total. The second kappa shape index (κ2) is 9.91. The van der Waals surface area contributed by atoms with Gasteiger partial charge in [0.05, 0.1) is 0 Å². The van der Waals surface area contributed by atoms with Gasteiger partial charge < -0.3 is 10.1 Å². The van der Waals surface area contributed by atoms with Gasteiger partial charge in [-0.1, -0.05) is 57.9 Å². The van der Waals surface area contributed by atoms with E-state index in [1.165, 1.54) is 0 Å². The van der Waals surface area contributed by atoms with Crippen LogP contribution in [-0.4, -0.2) is 5.91 Å². The predicted molar refractivity (Wildman–Crippen MR) is 123 cm³/mol. The number of nitriles is 1. The number of carbonyl (C=O) groups excluding carboxylic acids is 1. The van der Waals surface area contributed by atoms with Crippen molar-refractivity contribution in [3.8, 4) is 11.8 Å². The van der Waals surface area contributed by atoms with Crippen LogP contribution in [0.2, 0.25) is 0 Å². The minimum absolute atomic E-state index is 0.0403. The van der Waals surface area contributed by atoms with E-state index in [0.29, 0.717) is 18.0 Å². The van der Waals surface area contributed by atoms with Crippen LogP contribution in [-0.2, 0) is 11.4 Å². The molecular weight excluding hydrogens is 440 g/mol. The number of nitrogens with one attached hydrogen (secondary N) is 1. The Hall–Kier alpha value is -3.36. The number of benzene rings is 3. The fourth-order valence-electron chi connectivity index (χ4n) is 2.87. The number of carbonyl (C=O) groups is 1. The van der Waals surface area contributed by atoms with E-state index >= 15 is 0 Å². The molecule has 0 atom stereocenters. The van der Waals surface area contributed by atoms with Crippen molar-refractivity contribution in [2.24, 2.45) is 0 Å². The Labute approximate surface area is 184 Å². The monoisotopic (exact) mass is 460 g/mol. The SMILES string of the molecule is Cc1ccc(NC(=O)/C(C#N)=C/c2ccc(OCc3ccc(Br)cc3)cc2)c(C)c1. The molecule has 3 aromatic rings. The maximum Gasteiger partial charge on any atom is 0.266 e. The molecule has 3 rings (SSSR count). The highest BCUT2D eigenvalue weighted by atomic mass is 79.9. The molecule has 0 fully saturated rings. The number of aryl methyl sites for hydroxylation is 2. The Morgan fingerprint density at radius 3 is 2.40 bits per heavy atom. The third kappa shape index (κ3) is 5.82. The molecule has 5 heteroatoms. The second-order valence-electron chi connectivity index (χ2n) is 6.93. The molecule has 0 radical (unpaired) electrons. The van der Waals surface area contributed by atoms with Crippen molar-refractivity contribution in [1.29, 1.82) is 5.26 Å². The quantitative estimate of drug-likeness (QED) is 0.352. The van der Waals surface area contributed by atoms with Crippen LogP contribution in [0.3, 0.4) is 0 Å². The third-order valence-corrected chi connectivity index (χ3v) is 5.03. The zero-order chi connectivity index (χ0) is 21.5. The van der Waals surface area contributed by atoms with E-state index in [2.05, 4.69) is 21.2 Å². The Morgan fingerprint density at radius 1 is 1.07 bits per heavy atom. The molecule has 0 heterocycles. The van der Waals surface area contributed by atoms with Crippen LogP contribution in [0, 0.1) is 25.2 Å². The van der Waals surface area contributed by atoms with Gasteiger partial charge >= 0.3 is 0 Å². The Morgan fingerprint density at radius 2 is 1.77 bits per heavy atom. The molecular formula is C25H21BrN2O2. The molecule has 4 nitrogen and oxygen atoms in total. The second-order valence-corrected chi connectivity index (χ2v) is 7.84. The summed E-state index contributed by atoms with van der Waals surface area (Å²) in [5.41, 5.74) is 4.62. The standard InChI is InChI=1S/C25H21BrN2O2/c1-17-3-12-24(18(2)13-17)28-25(29)21(15-27)14-19-6-10-23(11-7-19)30-16-20-4-8-22(26)9-5-20/h3-14H,16H2,1-2H3,(H,28,29)/b21-14+. The highest BCUT2D eigenvalue weighted by molar-refractivity contribution is 9.10. The van der Waals surface area contributed by atoms with E-state index in [0.717, 1.165) is 26.7 Å². The smallest absolute Gasteiger partial charge is 0.266 e. The van der Waals surface area contributed by atoms with Gasteiger partial charge in [0.2, 0.25) is 0 Å². The minimum atomic E-state index is -0.431. The Bertz CT molecular complexity index is 1110. The molecule has 0 saturated heterocycles. The number of rotatable bonds is 6. The normalized spacial score (nSPS) is 10.9. The minimum Gasteiger partial charge on any atom is -0.489 e. The van der Waals surface area contributed by atoms with Gasteiger partial charge in [-0.2, -0.15) is 5.26 Å². The van der Waals surface area contributed by atoms with Crippen molar-refractivity contribution in [1.82, 2.24) is 0 Å². The fourth-order valence-corrected chi connectivity index (χ4v) is 3.13. The van der Waals surface area contributed by atoms with Crippen LogP contribution in [0.25, 0.3) is 6.08 Å². The summed E-state index contributed by atoms with van der Waals surface area (Å²) in [5.74, 6) is 0.285. The van der Waals surface area contributed by atoms with Crippen LogP contribution in [0.5, 0.6) is 5.75 Å². The van der Waals surface area contributed by atoms with Crippen molar-refractivity contribution in [2.45, 2.75) is 20.5 Å². The first-order valence-corrected chi connectivity index (χ1v) is 10.2. The van der Waals surface area contributed by atoms with Gasteiger partial charge in [-0.3, -0.25) is 4.79 Å². The number of hydrogen-bond donors (Lipinski definition) is 1. The van der Waals surface area contributed by atoms with Gasteiger partial charge in [0, 0.05) is 10.2 Å². The van der Waals surface area contributed by atoms with Crippen LogP contribution in [0.15, 0.2) is 76.8 Å². The van der Waals surface area contributed by atoms with Gasteiger partial charge in [-0.15, -0.1) is 0 Å². The summed E-state index contributed by atoms with van der Waals surface area (Å²) >= 11 is 3.41. The van der Waals surface area contributed by atoms with E-state index in [1.807, 2.05) is 86.6 Å². The molecule has 0 saturated carbocycles. The highest BCUT2D eigenvalue weighted by Gasteiger charge is 2.11. The van der Waals surface area contributed by atoms with Gasteiger partial charge in [0.15, 0.2) is 0 Å². The molecule has 1 amide bonds. The number of anilines is 1. The summed E-state index contributed by atoms with van der Waals surface area (Å²) in [5, 5.41) is 12.2. The van der Waals surface area contributed by atoms with Gasteiger partial charge in [0.1, 0.15) is 24.0 Å². The fraction of sp³-hybridized carbons (Fsp3) is 0.120. The molecule has 0 aliphatic rings. The van der Waals surface area contributed by atoms with Crippen molar-refractivity contribution in [3.05, 3.63) is 99.0 Å². The average Bonchev–Trinajstić information content (AvgIpc) is 2.74. The molecule has 0 aliphatic heterocycles. The molecule has 0 aromatic heterocycles.